The van der Waals surface area contributed by atoms with Crippen LogP contribution in [0.15, 0.2) is 18.7 Å². The molecule has 2 aliphatic rings. The molecule has 1 aromatic rings. The molecule has 0 spiro atoms. The van der Waals surface area contributed by atoms with Gasteiger partial charge in [-0.1, -0.05) is 0 Å². The van der Waals surface area contributed by atoms with E-state index in [0.717, 1.165) is 32.2 Å². The maximum absolute atomic E-state index is 12.3. The summed E-state index contributed by atoms with van der Waals surface area (Å²) in [5, 5.41) is 12.3. The summed E-state index contributed by atoms with van der Waals surface area (Å²) < 4.78 is 1.96. The molecule has 6 heteroatoms. The Hall–Kier alpha value is -1.85. The number of fused-ring (bicyclic) bond motifs is 2. The second-order valence-electron chi connectivity index (χ2n) is 6.17. The third-order valence-corrected chi connectivity index (χ3v) is 4.96. The van der Waals surface area contributed by atoms with Gasteiger partial charge in [-0.25, -0.2) is 4.98 Å². The molecule has 1 aromatic heterocycles. The number of imidazole rings is 1. The zero-order valence-electron chi connectivity index (χ0n) is 11.9. The van der Waals surface area contributed by atoms with Crippen LogP contribution in [-0.2, 0) is 16.1 Å². The number of aromatic nitrogens is 2. The maximum Gasteiger partial charge on any atom is 0.307 e. The first-order valence-corrected chi connectivity index (χ1v) is 7.63. The van der Waals surface area contributed by atoms with Crippen molar-refractivity contribution in [2.45, 2.75) is 32.2 Å². The molecule has 114 valence electrons. The summed E-state index contributed by atoms with van der Waals surface area (Å²) in [5.74, 6) is -1.20. The summed E-state index contributed by atoms with van der Waals surface area (Å²) in [6, 6.07) is 0. The first-order chi connectivity index (χ1) is 10.2. The number of aryl methyl sites for hydroxylation is 1. The molecule has 21 heavy (non-hydrogen) atoms. The zero-order chi connectivity index (χ0) is 14.8. The van der Waals surface area contributed by atoms with E-state index < -0.39 is 11.9 Å². The summed E-state index contributed by atoms with van der Waals surface area (Å²) in [6.45, 7) is 1.39. The Morgan fingerprint density at radius 3 is 2.71 bits per heavy atom. The Labute approximate surface area is 123 Å². The van der Waals surface area contributed by atoms with E-state index in [9.17, 15) is 14.7 Å². The second kappa shape index (κ2) is 5.87. The third kappa shape index (κ3) is 2.80. The van der Waals surface area contributed by atoms with E-state index in [1.54, 1.807) is 12.5 Å². The van der Waals surface area contributed by atoms with E-state index in [1.807, 2.05) is 10.8 Å². The second-order valence-corrected chi connectivity index (χ2v) is 6.17. The van der Waals surface area contributed by atoms with E-state index in [1.165, 1.54) is 0 Å². The van der Waals surface area contributed by atoms with E-state index in [4.69, 9.17) is 0 Å². The van der Waals surface area contributed by atoms with Gasteiger partial charge in [0.25, 0.3) is 0 Å². The minimum absolute atomic E-state index is 0.0692. The number of hydrogen-bond acceptors (Lipinski definition) is 3. The SMILES string of the molecule is O=C(O)[C@@H]1[C@H]2CC[C@@H](C2)[C@@H]1C(=O)NCCCn1ccnc1. The Morgan fingerprint density at radius 1 is 1.29 bits per heavy atom. The minimum Gasteiger partial charge on any atom is -0.481 e. The van der Waals surface area contributed by atoms with Crippen molar-refractivity contribution in [3.8, 4) is 0 Å². The predicted molar refractivity (Wildman–Crippen MR) is 75.3 cm³/mol. The number of rotatable bonds is 6. The van der Waals surface area contributed by atoms with Crippen molar-refractivity contribution in [3.05, 3.63) is 18.7 Å². The van der Waals surface area contributed by atoms with Crippen LogP contribution < -0.4 is 5.32 Å². The van der Waals surface area contributed by atoms with E-state index >= 15 is 0 Å². The summed E-state index contributed by atoms with van der Waals surface area (Å²) in [6.07, 6.45) is 9.06. The van der Waals surface area contributed by atoms with Gasteiger partial charge in [0.2, 0.25) is 5.91 Å². The van der Waals surface area contributed by atoms with Crippen LogP contribution in [0.5, 0.6) is 0 Å². The molecule has 2 bridgehead atoms. The Bertz CT molecular complexity index is 514. The minimum atomic E-state index is -0.805. The lowest BCUT2D eigenvalue weighted by Gasteiger charge is -2.27. The molecule has 3 rings (SSSR count). The predicted octanol–water partition coefficient (Wildman–Crippen LogP) is 1.14. The quantitative estimate of drug-likeness (QED) is 0.770. The van der Waals surface area contributed by atoms with Gasteiger partial charge in [0.1, 0.15) is 0 Å². The summed E-state index contributed by atoms with van der Waals surface area (Å²) in [7, 11) is 0. The van der Waals surface area contributed by atoms with Crippen LogP contribution in [0.2, 0.25) is 0 Å². The largest absolute Gasteiger partial charge is 0.481 e. The summed E-state index contributed by atoms with van der Waals surface area (Å²) in [5.41, 5.74) is 0. The van der Waals surface area contributed by atoms with Crippen molar-refractivity contribution in [2.24, 2.45) is 23.7 Å². The molecule has 1 amide bonds. The molecule has 0 saturated heterocycles. The van der Waals surface area contributed by atoms with Crippen molar-refractivity contribution in [1.29, 1.82) is 0 Å². The standard InChI is InChI=1S/C15H21N3O3/c19-14(17-4-1-6-18-7-5-16-9-18)12-10-2-3-11(8-10)13(12)15(20)21/h5,7,9-13H,1-4,6,8H2,(H,17,19)(H,20,21)/t10-,11-,12-,13+/m0/s1. The smallest absolute Gasteiger partial charge is 0.307 e. The lowest BCUT2D eigenvalue weighted by atomic mass is 9.78. The van der Waals surface area contributed by atoms with Crippen LogP contribution in [0, 0.1) is 23.7 Å². The van der Waals surface area contributed by atoms with E-state index in [0.29, 0.717) is 6.54 Å². The fourth-order valence-corrected chi connectivity index (χ4v) is 4.03. The third-order valence-electron chi connectivity index (χ3n) is 4.96. The van der Waals surface area contributed by atoms with Crippen molar-refractivity contribution in [1.82, 2.24) is 14.9 Å². The fraction of sp³-hybridized carbons (Fsp3) is 0.667. The van der Waals surface area contributed by atoms with Crippen LogP contribution in [-0.4, -0.2) is 33.1 Å². The van der Waals surface area contributed by atoms with Crippen LogP contribution in [0.4, 0.5) is 0 Å². The highest BCUT2D eigenvalue weighted by Crippen LogP contribution is 2.52. The van der Waals surface area contributed by atoms with Crippen LogP contribution >= 0.6 is 0 Å². The monoisotopic (exact) mass is 291 g/mol. The zero-order valence-corrected chi connectivity index (χ0v) is 11.9. The van der Waals surface area contributed by atoms with E-state index in [-0.39, 0.29) is 23.7 Å². The van der Waals surface area contributed by atoms with Crippen LogP contribution in [0.3, 0.4) is 0 Å². The molecule has 0 radical (unpaired) electrons. The number of carboxylic acids is 1. The topological polar surface area (TPSA) is 84.2 Å². The van der Waals surface area contributed by atoms with E-state index in [2.05, 4.69) is 10.3 Å². The molecule has 4 atom stereocenters. The molecule has 0 unspecified atom stereocenters. The maximum atomic E-state index is 12.3. The number of hydrogen-bond donors (Lipinski definition) is 2. The van der Waals surface area contributed by atoms with Gasteiger partial charge in [-0.05, 0) is 37.5 Å². The summed E-state index contributed by atoms with van der Waals surface area (Å²) in [4.78, 5) is 27.7. The van der Waals surface area contributed by atoms with Gasteiger partial charge in [-0.3, -0.25) is 9.59 Å². The lowest BCUT2D eigenvalue weighted by molar-refractivity contribution is -0.149. The first-order valence-electron chi connectivity index (χ1n) is 7.63. The molecule has 6 nitrogen and oxygen atoms in total. The molecule has 1 heterocycles. The fourth-order valence-electron chi connectivity index (χ4n) is 4.03. The highest BCUT2D eigenvalue weighted by atomic mass is 16.4. The highest BCUT2D eigenvalue weighted by molar-refractivity contribution is 5.86. The van der Waals surface area contributed by atoms with Gasteiger partial charge in [0.15, 0.2) is 0 Å². The summed E-state index contributed by atoms with van der Waals surface area (Å²) >= 11 is 0. The molecular weight excluding hydrogens is 270 g/mol. The number of carbonyl (C=O) groups is 2. The number of carbonyl (C=O) groups excluding carboxylic acids is 1. The number of nitrogens with one attached hydrogen (secondary N) is 1. The van der Waals surface area contributed by atoms with Crippen LogP contribution in [0.1, 0.15) is 25.7 Å². The lowest BCUT2D eigenvalue weighted by Crippen LogP contribution is -2.41. The molecule has 2 N–H and O–H groups in total. The van der Waals surface area contributed by atoms with Crippen molar-refractivity contribution >= 4 is 11.9 Å². The highest BCUT2D eigenvalue weighted by Gasteiger charge is 2.53. The average molecular weight is 291 g/mol. The Morgan fingerprint density at radius 2 is 2.05 bits per heavy atom. The van der Waals surface area contributed by atoms with Gasteiger partial charge in [-0.15, -0.1) is 0 Å². The van der Waals surface area contributed by atoms with Gasteiger partial charge in [-0.2, -0.15) is 0 Å². The number of amides is 1. The number of carboxylic acid groups (broad SMARTS) is 1. The molecule has 0 aromatic carbocycles. The average Bonchev–Trinajstić information content (AvgIpc) is 3.18. The molecule has 2 saturated carbocycles. The Balaban J connectivity index is 1.49. The van der Waals surface area contributed by atoms with Crippen molar-refractivity contribution < 1.29 is 14.7 Å². The van der Waals surface area contributed by atoms with Gasteiger partial charge >= 0.3 is 5.97 Å². The normalized spacial score (nSPS) is 30.5. The number of aliphatic carboxylic acids is 1. The van der Waals surface area contributed by atoms with Gasteiger partial charge in [0.05, 0.1) is 18.2 Å². The molecule has 0 aliphatic heterocycles. The number of nitrogens with zero attached hydrogens (tertiary/aromatic N) is 2. The Kier molecular flexibility index (Phi) is 3.94. The van der Waals surface area contributed by atoms with Gasteiger partial charge < -0.3 is 15.0 Å². The van der Waals surface area contributed by atoms with Gasteiger partial charge in [0, 0.05) is 25.5 Å². The van der Waals surface area contributed by atoms with Crippen LogP contribution in [0.25, 0.3) is 0 Å². The molecule has 2 aliphatic carbocycles. The van der Waals surface area contributed by atoms with Crippen molar-refractivity contribution in [3.63, 3.8) is 0 Å². The first kappa shape index (κ1) is 14.1. The van der Waals surface area contributed by atoms with Crippen molar-refractivity contribution in [2.75, 3.05) is 6.54 Å². The molecule has 2 fully saturated rings. The molecular formula is C15H21N3O3.